The lowest BCUT2D eigenvalue weighted by molar-refractivity contribution is 0.726. The number of hydrogen-bond donors (Lipinski definition) is 0. The van der Waals surface area contributed by atoms with Crippen molar-refractivity contribution in [1.29, 1.82) is 0 Å². The lowest BCUT2D eigenvalue weighted by Crippen LogP contribution is -1.79. The van der Waals surface area contributed by atoms with E-state index >= 15 is 0 Å². The van der Waals surface area contributed by atoms with Crippen LogP contribution in [0.25, 0.3) is 0 Å². The first-order valence-electron chi connectivity index (χ1n) is 2.78. The highest BCUT2D eigenvalue weighted by molar-refractivity contribution is 8.00. The van der Waals surface area contributed by atoms with Crippen LogP contribution in [0.1, 0.15) is 19.8 Å². The molecule has 0 saturated heterocycles. The van der Waals surface area contributed by atoms with Gasteiger partial charge in [-0.1, -0.05) is 6.92 Å². The van der Waals surface area contributed by atoms with Gasteiger partial charge < -0.3 is 0 Å². The topological polar surface area (TPSA) is 0 Å². The third kappa shape index (κ3) is 0.290. The summed E-state index contributed by atoms with van der Waals surface area (Å²) < 4.78 is 0.812. The molecule has 0 heterocycles. The molecule has 0 amide bonds. The number of hydrogen-bond acceptors (Lipinski definition) is 1. The number of thioether (sulfide) groups is 1. The van der Waals surface area contributed by atoms with E-state index in [9.17, 15) is 0 Å². The van der Waals surface area contributed by atoms with Gasteiger partial charge in [0.1, 0.15) is 0 Å². The van der Waals surface area contributed by atoms with E-state index in [2.05, 4.69) is 24.9 Å². The molecular formula is C6H10S. The predicted octanol–water partition coefficient (Wildman–Crippen LogP) is 1.90. The van der Waals surface area contributed by atoms with E-state index in [0.717, 1.165) is 10.2 Å². The van der Waals surface area contributed by atoms with Crippen molar-refractivity contribution < 1.29 is 0 Å². The highest BCUT2D eigenvalue weighted by atomic mass is 32.2. The molecule has 2 aliphatic rings. The largest absolute Gasteiger partial charge is 0.158 e. The zero-order valence-corrected chi connectivity index (χ0v) is 5.64. The van der Waals surface area contributed by atoms with Gasteiger partial charge in [0.25, 0.3) is 0 Å². The monoisotopic (exact) mass is 114 g/mol. The zero-order chi connectivity index (χ0) is 5.12. The molecule has 0 aliphatic heterocycles. The van der Waals surface area contributed by atoms with Crippen LogP contribution in [0.3, 0.4) is 0 Å². The van der Waals surface area contributed by atoms with Gasteiger partial charge >= 0.3 is 0 Å². The lowest BCUT2D eigenvalue weighted by atomic mass is 10.3. The summed E-state index contributed by atoms with van der Waals surface area (Å²) in [5.74, 6) is 0. The van der Waals surface area contributed by atoms with Crippen molar-refractivity contribution in [1.82, 2.24) is 0 Å². The van der Waals surface area contributed by atoms with E-state index in [1.807, 2.05) is 0 Å². The van der Waals surface area contributed by atoms with Gasteiger partial charge in [0.05, 0.1) is 0 Å². The predicted molar refractivity (Wildman–Crippen MR) is 33.6 cm³/mol. The molecule has 0 aromatic rings. The first-order valence-corrected chi connectivity index (χ1v) is 4.00. The molecule has 2 aliphatic carbocycles. The third-order valence-electron chi connectivity index (χ3n) is 2.59. The summed E-state index contributed by atoms with van der Waals surface area (Å²) in [6, 6.07) is 0. The van der Waals surface area contributed by atoms with Gasteiger partial charge in [0.2, 0.25) is 0 Å². The fourth-order valence-electron chi connectivity index (χ4n) is 1.51. The summed E-state index contributed by atoms with van der Waals surface area (Å²) in [7, 11) is 0. The standard InChI is InChI=1S/C6H10S/c1-5-3-6(5,4-5)7-2/h3-4H2,1-2H3. The van der Waals surface area contributed by atoms with Gasteiger partial charge in [-0.05, 0) is 24.5 Å². The minimum Gasteiger partial charge on any atom is -0.158 e. The zero-order valence-electron chi connectivity index (χ0n) is 4.82. The Morgan fingerprint density at radius 2 is 1.86 bits per heavy atom. The highest BCUT2D eigenvalue weighted by Gasteiger charge is 2.79. The summed E-state index contributed by atoms with van der Waals surface area (Å²) in [4.78, 5) is 0. The van der Waals surface area contributed by atoms with Crippen LogP contribution in [-0.4, -0.2) is 11.0 Å². The summed E-state index contributed by atoms with van der Waals surface area (Å²) in [5.41, 5.74) is 0.826. The molecular weight excluding hydrogens is 104 g/mol. The molecule has 2 saturated carbocycles. The normalized spacial score (nSPS) is 64.3. The maximum Gasteiger partial charge on any atom is 0.0223 e. The Kier molecular flexibility index (Phi) is 0.468. The van der Waals surface area contributed by atoms with Crippen molar-refractivity contribution in [3.63, 3.8) is 0 Å². The Morgan fingerprint density at radius 1 is 1.43 bits per heavy atom. The van der Waals surface area contributed by atoms with Crippen LogP contribution < -0.4 is 0 Å². The van der Waals surface area contributed by atoms with E-state index in [1.54, 1.807) is 0 Å². The molecule has 0 spiro atoms. The van der Waals surface area contributed by atoms with Crippen LogP contribution in [0.15, 0.2) is 0 Å². The van der Waals surface area contributed by atoms with Gasteiger partial charge in [0, 0.05) is 4.75 Å². The second kappa shape index (κ2) is 0.771. The summed E-state index contributed by atoms with van der Waals surface area (Å²) in [6.07, 6.45) is 5.24. The lowest BCUT2D eigenvalue weighted by Gasteiger charge is -1.90. The van der Waals surface area contributed by atoms with Crippen LogP contribution >= 0.6 is 11.8 Å². The van der Waals surface area contributed by atoms with Gasteiger partial charge in [-0.3, -0.25) is 0 Å². The Hall–Kier alpha value is 0.350. The summed E-state index contributed by atoms with van der Waals surface area (Å²) >= 11 is 2.07. The number of fused-ring (bicyclic) bond motifs is 1. The second-order valence-electron chi connectivity index (χ2n) is 3.11. The Labute approximate surface area is 48.7 Å². The minimum absolute atomic E-state index is 0.812. The SMILES string of the molecule is CSC12CC1(C)C2. The smallest absolute Gasteiger partial charge is 0.0223 e. The molecule has 0 nitrogen and oxygen atoms in total. The van der Waals surface area contributed by atoms with Gasteiger partial charge in [-0.15, -0.1) is 0 Å². The average Bonchev–Trinajstić information content (AvgIpc) is 2.24. The van der Waals surface area contributed by atoms with Crippen molar-refractivity contribution >= 4 is 11.8 Å². The average molecular weight is 114 g/mol. The van der Waals surface area contributed by atoms with Gasteiger partial charge in [0.15, 0.2) is 0 Å². The van der Waals surface area contributed by atoms with Crippen LogP contribution in [0.5, 0.6) is 0 Å². The maximum atomic E-state index is 2.39. The first-order chi connectivity index (χ1) is 3.22. The summed E-state index contributed by atoms with van der Waals surface area (Å²) in [5, 5.41) is 0. The van der Waals surface area contributed by atoms with Crippen molar-refractivity contribution in [2.45, 2.75) is 24.5 Å². The fourth-order valence-corrected chi connectivity index (χ4v) is 2.93. The first kappa shape index (κ1) is 4.25. The molecule has 0 atom stereocenters. The molecule has 1 heteroatoms. The molecule has 0 unspecified atom stereocenters. The van der Waals surface area contributed by atoms with Crippen molar-refractivity contribution in [3.8, 4) is 0 Å². The van der Waals surface area contributed by atoms with Crippen LogP contribution in [0.2, 0.25) is 0 Å². The molecule has 0 aromatic carbocycles. The Bertz CT molecular complexity index is 106. The van der Waals surface area contributed by atoms with Crippen molar-refractivity contribution in [2.24, 2.45) is 5.41 Å². The van der Waals surface area contributed by atoms with E-state index in [1.165, 1.54) is 12.8 Å². The van der Waals surface area contributed by atoms with E-state index in [4.69, 9.17) is 0 Å². The molecule has 7 heavy (non-hydrogen) atoms. The Balaban J connectivity index is 2.14. The van der Waals surface area contributed by atoms with Crippen LogP contribution in [0, 0.1) is 5.41 Å². The van der Waals surface area contributed by atoms with E-state index < -0.39 is 0 Å². The van der Waals surface area contributed by atoms with Gasteiger partial charge in [-0.2, -0.15) is 11.8 Å². The molecule has 2 rings (SSSR count). The van der Waals surface area contributed by atoms with Crippen LogP contribution in [-0.2, 0) is 0 Å². The number of rotatable bonds is 1. The quantitative estimate of drug-likeness (QED) is 0.501. The molecule has 0 bridgehead atoms. The minimum atomic E-state index is 0.812. The highest BCUT2D eigenvalue weighted by Crippen LogP contribution is 2.84. The molecule has 0 radical (unpaired) electrons. The second-order valence-corrected chi connectivity index (χ2v) is 4.30. The van der Waals surface area contributed by atoms with Gasteiger partial charge in [-0.25, -0.2) is 0 Å². The van der Waals surface area contributed by atoms with Crippen molar-refractivity contribution in [3.05, 3.63) is 0 Å². The third-order valence-corrected chi connectivity index (χ3v) is 4.16. The molecule has 40 valence electrons. The maximum absolute atomic E-state index is 2.39. The molecule has 0 N–H and O–H groups in total. The molecule has 2 fully saturated rings. The van der Waals surface area contributed by atoms with Crippen molar-refractivity contribution in [2.75, 3.05) is 6.26 Å². The van der Waals surface area contributed by atoms with E-state index in [-0.39, 0.29) is 0 Å². The van der Waals surface area contributed by atoms with E-state index in [0.29, 0.717) is 0 Å². The van der Waals surface area contributed by atoms with Crippen LogP contribution in [0.4, 0.5) is 0 Å². The summed E-state index contributed by atoms with van der Waals surface area (Å²) in [6.45, 7) is 2.39. The Morgan fingerprint density at radius 3 is 1.86 bits per heavy atom. The molecule has 0 aromatic heterocycles. The fraction of sp³-hybridized carbons (Fsp3) is 1.00.